The molecule has 170 valence electrons. The number of ether oxygens (including phenoxy) is 2. The number of fused-ring (bicyclic) bond motifs is 5. The molecule has 33 heavy (non-hydrogen) atoms. The first-order chi connectivity index (χ1) is 15.8. The highest BCUT2D eigenvalue weighted by molar-refractivity contribution is 5.94. The Morgan fingerprint density at radius 3 is 2.82 bits per heavy atom. The summed E-state index contributed by atoms with van der Waals surface area (Å²) in [5.74, 6) is -0.134. The molecule has 0 fully saturated rings. The van der Waals surface area contributed by atoms with Crippen molar-refractivity contribution in [3.05, 3.63) is 51.3 Å². The molecule has 2 aliphatic heterocycles. The van der Waals surface area contributed by atoms with Gasteiger partial charge in [-0.25, -0.2) is 14.8 Å². The molecule has 1 N–H and O–H groups in total. The topological polar surface area (TPSA) is 106 Å². The van der Waals surface area contributed by atoms with Crippen LogP contribution in [-0.2, 0) is 28.3 Å². The number of hydrogen-bond acceptors (Lipinski definition) is 7. The van der Waals surface area contributed by atoms with Gasteiger partial charge >= 0.3 is 5.97 Å². The lowest BCUT2D eigenvalue weighted by Gasteiger charge is -2.31. The van der Waals surface area contributed by atoms with Gasteiger partial charge in [-0.15, -0.1) is 0 Å². The number of esters is 1. The number of aliphatic hydroxyl groups is 1. The first-order valence-electron chi connectivity index (χ1n) is 10.7. The minimum absolute atomic E-state index is 0.104. The van der Waals surface area contributed by atoms with Crippen LogP contribution in [0.4, 0.5) is 5.69 Å². The highest BCUT2D eigenvalue weighted by atomic mass is 16.6. The molecule has 5 rings (SSSR count). The van der Waals surface area contributed by atoms with Gasteiger partial charge in [-0.2, -0.15) is 0 Å². The van der Waals surface area contributed by atoms with Crippen LogP contribution in [0.2, 0.25) is 0 Å². The molecule has 4 heterocycles. The quantitative estimate of drug-likeness (QED) is 0.290. The zero-order valence-electron chi connectivity index (χ0n) is 18.9. The molecule has 2 aromatic heterocycles. The van der Waals surface area contributed by atoms with Crippen molar-refractivity contribution in [3.8, 4) is 17.1 Å². The fraction of sp³-hybridized carbons (Fsp3) is 0.333. The average Bonchev–Trinajstić information content (AvgIpc) is 3.16. The predicted molar refractivity (Wildman–Crippen MR) is 123 cm³/mol. The largest absolute Gasteiger partial charge is 0.494 e. The Labute approximate surface area is 189 Å². The predicted octanol–water partition coefficient (Wildman–Crippen LogP) is 2.31. The highest BCUT2D eigenvalue weighted by Crippen LogP contribution is 2.41. The van der Waals surface area contributed by atoms with E-state index in [1.54, 1.807) is 31.0 Å². The maximum atomic E-state index is 13.3. The van der Waals surface area contributed by atoms with Gasteiger partial charge < -0.3 is 24.0 Å². The lowest BCUT2D eigenvalue weighted by atomic mass is 9.86. The van der Waals surface area contributed by atoms with Crippen LogP contribution in [0, 0.1) is 0 Å². The minimum atomic E-state index is -1.84. The maximum absolute atomic E-state index is 13.3. The van der Waals surface area contributed by atoms with Gasteiger partial charge in [0.25, 0.3) is 5.56 Å². The van der Waals surface area contributed by atoms with Gasteiger partial charge in [-0.3, -0.25) is 4.79 Å². The van der Waals surface area contributed by atoms with E-state index in [0.717, 1.165) is 10.9 Å². The van der Waals surface area contributed by atoms with E-state index in [-0.39, 0.29) is 18.6 Å². The Kier molecular flexibility index (Phi) is 4.75. The van der Waals surface area contributed by atoms with Crippen LogP contribution in [0.15, 0.2) is 34.1 Å². The first-order valence-corrected chi connectivity index (χ1v) is 10.7. The molecule has 0 spiro atoms. The van der Waals surface area contributed by atoms with Crippen molar-refractivity contribution in [3.63, 3.8) is 0 Å². The van der Waals surface area contributed by atoms with Crippen LogP contribution in [0.25, 0.3) is 22.3 Å². The fourth-order valence-electron chi connectivity index (χ4n) is 4.51. The van der Waals surface area contributed by atoms with Crippen molar-refractivity contribution in [2.45, 2.75) is 32.1 Å². The van der Waals surface area contributed by atoms with E-state index >= 15 is 0 Å². The zero-order valence-corrected chi connectivity index (χ0v) is 18.9. The number of methoxy groups -OCH3 is 1. The van der Waals surface area contributed by atoms with Crippen molar-refractivity contribution in [2.75, 3.05) is 21.2 Å². The number of hydrogen-bond donors (Lipinski definition) is 1. The number of cyclic esters (lactones) is 1. The first kappa shape index (κ1) is 21.1. The molecule has 9 nitrogen and oxygen atoms in total. The van der Waals surface area contributed by atoms with E-state index < -0.39 is 11.6 Å². The molecule has 1 aromatic carbocycles. The van der Waals surface area contributed by atoms with Gasteiger partial charge in [-0.05, 0) is 30.7 Å². The van der Waals surface area contributed by atoms with E-state index in [9.17, 15) is 14.7 Å². The third-order valence-electron chi connectivity index (χ3n) is 6.25. The van der Waals surface area contributed by atoms with Crippen LogP contribution < -0.4 is 10.3 Å². The van der Waals surface area contributed by atoms with Crippen LogP contribution in [-0.4, -0.2) is 53.1 Å². The van der Waals surface area contributed by atoms with Gasteiger partial charge in [0.15, 0.2) is 11.4 Å². The van der Waals surface area contributed by atoms with Crippen LogP contribution in [0.3, 0.4) is 0 Å². The lowest BCUT2D eigenvalue weighted by Crippen LogP contribution is -2.44. The Morgan fingerprint density at radius 2 is 2.12 bits per heavy atom. The van der Waals surface area contributed by atoms with Gasteiger partial charge in [0, 0.05) is 30.6 Å². The van der Waals surface area contributed by atoms with E-state index in [4.69, 9.17) is 14.5 Å². The summed E-state index contributed by atoms with van der Waals surface area (Å²) in [5, 5.41) is 11.8. The smallest absolute Gasteiger partial charge is 0.343 e. The molecule has 0 radical (unpaired) electrons. The Bertz CT molecular complexity index is 1410. The van der Waals surface area contributed by atoms with Crippen molar-refractivity contribution in [2.24, 2.45) is 4.99 Å². The van der Waals surface area contributed by atoms with Crippen LogP contribution in [0.5, 0.6) is 5.75 Å². The second-order valence-corrected chi connectivity index (χ2v) is 8.49. The summed E-state index contributed by atoms with van der Waals surface area (Å²) in [6.07, 6.45) is 1.80. The van der Waals surface area contributed by atoms with E-state index in [1.807, 2.05) is 37.2 Å². The second kappa shape index (κ2) is 7.41. The molecule has 0 aliphatic carbocycles. The Balaban J connectivity index is 1.71. The SMILES string of the molecule is CC[C@@]1(O)C(=O)OCc2c1cc1n(c2=O)Cc2cc3c(OC)c(N=CN(C)C)ccc3nc2-1. The summed E-state index contributed by atoms with van der Waals surface area (Å²) in [4.78, 5) is 36.7. The maximum Gasteiger partial charge on any atom is 0.343 e. The molecular weight excluding hydrogens is 424 g/mol. The highest BCUT2D eigenvalue weighted by Gasteiger charge is 2.45. The number of benzene rings is 1. The summed E-state index contributed by atoms with van der Waals surface area (Å²) >= 11 is 0. The normalized spacial score (nSPS) is 18.8. The summed E-state index contributed by atoms with van der Waals surface area (Å²) < 4.78 is 12.4. The minimum Gasteiger partial charge on any atom is -0.494 e. The molecule has 0 unspecified atom stereocenters. The number of aliphatic imine (C=N–C) groups is 1. The second-order valence-electron chi connectivity index (χ2n) is 8.49. The average molecular weight is 448 g/mol. The van der Waals surface area contributed by atoms with E-state index in [0.29, 0.717) is 46.0 Å². The molecule has 0 saturated carbocycles. The standard InChI is InChI=1S/C24H24N4O5/c1-5-24(31)16-9-19-20-13(10-28(19)22(29)15(16)11-33-23(24)30)8-14-17(26-20)6-7-18(21(14)32-4)25-12-27(2)3/h6-9,12,31H,5,10-11H2,1-4H3/t24-/m0/s1. The number of rotatable bonds is 4. The molecule has 1 atom stereocenters. The third kappa shape index (κ3) is 3.03. The van der Waals surface area contributed by atoms with Crippen molar-refractivity contribution in [1.82, 2.24) is 14.5 Å². The molecule has 2 aliphatic rings. The number of carbonyl (C=O) groups excluding carboxylic acids is 1. The van der Waals surface area contributed by atoms with Gasteiger partial charge in [-0.1, -0.05) is 6.92 Å². The summed E-state index contributed by atoms with van der Waals surface area (Å²) in [5.41, 5.74) is 1.91. The lowest BCUT2D eigenvalue weighted by molar-refractivity contribution is -0.172. The van der Waals surface area contributed by atoms with Gasteiger partial charge in [0.1, 0.15) is 12.3 Å². The van der Waals surface area contributed by atoms with Gasteiger partial charge in [0.05, 0.1) is 42.5 Å². The van der Waals surface area contributed by atoms with Crippen molar-refractivity contribution in [1.29, 1.82) is 0 Å². The summed E-state index contributed by atoms with van der Waals surface area (Å²) in [6.45, 7) is 1.86. The van der Waals surface area contributed by atoms with Crippen LogP contribution in [0.1, 0.15) is 30.0 Å². The van der Waals surface area contributed by atoms with Crippen molar-refractivity contribution >= 4 is 28.9 Å². The Morgan fingerprint density at radius 1 is 1.33 bits per heavy atom. The molecule has 3 aromatic rings. The van der Waals surface area contributed by atoms with E-state index in [1.165, 1.54) is 0 Å². The zero-order chi connectivity index (χ0) is 23.5. The molecule has 0 amide bonds. The molecule has 0 saturated heterocycles. The summed E-state index contributed by atoms with van der Waals surface area (Å²) in [6, 6.07) is 7.36. The monoisotopic (exact) mass is 448 g/mol. The summed E-state index contributed by atoms with van der Waals surface area (Å²) in [7, 11) is 5.36. The van der Waals surface area contributed by atoms with E-state index in [2.05, 4.69) is 4.99 Å². The molecule has 9 heteroatoms. The number of nitrogens with zero attached hydrogens (tertiary/aromatic N) is 4. The van der Waals surface area contributed by atoms with Crippen molar-refractivity contribution < 1.29 is 19.4 Å². The Hall–Kier alpha value is -3.72. The van der Waals surface area contributed by atoms with Crippen LogP contribution >= 0.6 is 0 Å². The fourth-order valence-corrected chi connectivity index (χ4v) is 4.51. The number of aromatic nitrogens is 2. The number of carbonyl (C=O) groups is 1. The van der Waals surface area contributed by atoms with Gasteiger partial charge in [0.2, 0.25) is 0 Å². The molecule has 0 bridgehead atoms. The molecular formula is C24H24N4O5. The number of pyridine rings is 2. The third-order valence-corrected chi connectivity index (χ3v) is 6.25.